The zero-order valence-electron chi connectivity index (χ0n) is 7.36. The molecule has 1 aliphatic rings. The Morgan fingerprint density at radius 3 is 2.86 bits per heavy atom. The highest BCUT2D eigenvalue weighted by Gasteiger charge is 2.36. The first-order valence-corrected chi connectivity index (χ1v) is 4.33. The summed E-state index contributed by atoms with van der Waals surface area (Å²) < 4.78 is 37.5. The Hall–Kier alpha value is -1.10. The van der Waals surface area contributed by atoms with Crippen LogP contribution in [-0.2, 0) is 19.1 Å². The van der Waals surface area contributed by atoms with Gasteiger partial charge in [-0.1, -0.05) is 0 Å². The molecule has 2 rings (SSSR count). The highest BCUT2D eigenvalue weighted by molar-refractivity contribution is 5.33. The number of alkyl halides is 3. The van der Waals surface area contributed by atoms with Crippen molar-refractivity contribution in [3.05, 3.63) is 29.1 Å². The molecular weight excluding hydrogens is 193 g/mol. The number of hydrogen-bond acceptors (Lipinski definition) is 2. The van der Waals surface area contributed by atoms with E-state index in [-0.39, 0.29) is 6.54 Å². The molecule has 76 valence electrons. The predicted molar refractivity (Wildman–Crippen MR) is 44.6 cm³/mol. The number of hydrogen-bond donors (Lipinski definition) is 1. The number of fused-ring (bicyclic) bond motifs is 1. The molecule has 2 nitrogen and oxygen atoms in total. The molecule has 0 bridgehead atoms. The van der Waals surface area contributed by atoms with Crippen molar-refractivity contribution in [2.24, 2.45) is 0 Å². The first kappa shape index (κ1) is 9.45. The van der Waals surface area contributed by atoms with Gasteiger partial charge in [0.15, 0.2) is 0 Å². The maximum atomic E-state index is 12.5. The predicted octanol–water partition coefficient (Wildman–Crippen LogP) is 1.75. The van der Waals surface area contributed by atoms with Crippen LogP contribution >= 0.6 is 0 Å². The molecule has 0 atom stereocenters. The van der Waals surface area contributed by atoms with Crippen LogP contribution in [0.25, 0.3) is 0 Å². The SMILES string of the molecule is FC(F)(F)c1nccc2c1CNCC2. The highest BCUT2D eigenvalue weighted by Crippen LogP contribution is 2.32. The van der Waals surface area contributed by atoms with Crippen LogP contribution in [0.15, 0.2) is 12.3 Å². The summed E-state index contributed by atoms with van der Waals surface area (Å²) in [6.07, 6.45) is -2.47. The summed E-state index contributed by atoms with van der Waals surface area (Å²) in [7, 11) is 0. The summed E-state index contributed by atoms with van der Waals surface area (Å²) in [5, 5.41) is 2.91. The van der Waals surface area contributed by atoms with E-state index in [0.717, 1.165) is 12.1 Å². The average Bonchev–Trinajstić information content (AvgIpc) is 2.15. The van der Waals surface area contributed by atoms with Gasteiger partial charge in [0.2, 0.25) is 0 Å². The van der Waals surface area contributed by atoms with Crippen molar-refractivity contribution in [1.82, 2.24) is 10.3 Å². The molecule has 0 aliphatic carbocycles. The van der Waals surface area contributed by atoms with Gasteiger partial charge in [-0.15, -0.1) is 0 Å². The van der Waals surface area contributed by atoms with Crippen LogP contribution < -0.4 is 5.32 Å². The van der Waals surface area contributed by atoms with E-state index in [0.29, 0.717) is 12.0 Å². The van der Waals surface area contributed by atoms with Crippen LogP contribution in [0, 0.1) is 0 Å². The van der Waals surface area contributed by atoms with Gasteiger partial charge in [-0.25, -0.2) is 0 Å². The molecule has 1 N–H and O–H groups in total. The van der Waals surface area contributed by atoms with Gasteiger partial charge < -0.3 is 5.32 Å². The fraction of sp³-hybridized carbons (Fsp3) is 0.444. The Morgan fingerprint density at radius 1 is 1.36 bits per heavy atom. The molecule has 0 aromatic carbocycles. The molecular formula is C9H9F3N2. The van der Waals surface area contributed by atoms with Gasteiger partial charge in [0.1, 0.15) is 5.69 Å². The Morgan fingerprint density at radius 2 is 2.14 bits per heavy atom. The summed E-state index contributed by atoms with van der Waals surface area (Å²) in [4.78, 5) is 3.40. The topological polar surface area (TPSA) is 24.9 Å². The van der Waals surface area contributed by atoms with E-state index in [1.165, 1.54) is 6.20 Å². The lowest BCUT2D eigenvalue weighted by Crippen LogP contribution is -2.27. The molecule has 0 unspecified atom stereocenters. The molecule has 2 heterocycles. The van der Waals surface area contributed by atoms with Crippen molar-refractivity contribution in [3.8, 4) is 0 Å². The average molecular weight is 202 g/mol. The fourth-order valence-electron chi connectivity index (χ4n) is 1.64. The van der Waals surface area contributed by atoms with E-state index in [2.05, 4.69) is 10.3 Å². The lowest BCUT2D eigenvalue weighted by Gasteiger charge is -2.20. The second-order valence-corrected chi connectivity index (χ2v) is 3.22. The number of pyridine rings is 1. The molecule has 0 radical (unpaired) electrons. The standard InChI is InChI=1S/C9H9F3N2/c10-9(11,12)8-7-5-13-3-1-6(7)2-4-14-8/h2,4,13H,1,3,5H2. The van der Waals surface area contributed by atoms with Gasteiger partial charge in [-0.2, -0.15) is 13.2 Å². The Bertz CT molecular complexity index is 346. The summed E-state index contributed by atoms with van der Waals surface area (Å²) in [5.74, 6) is 0. The molecule has 0 fully saturated rings. The zero-order valence-corrected chi connectivity index (χ0v) is 7.36. The van der Waals surface area contributed by atoms with Crippen LogP contribution in [0.1, 0.15) is 16.8 Å². The van der Waals surface area contributed by atoms with Gasteiger partial charge in [0.05, 0.1) is 0 Å². The van der Waals surface area contributed by atoms with Crippen LogP contribution in [0.4, 0.5) is 13.2 Å². The summed E-state index contributed by atoms with van der Waals surface area (Å²) in [6.45, 7) is 0.992. The molecule has 5 heteroatoms. The maximum Gasteiger partial charge on any atom is 0.433 e. The molecule has 1 aromatic rings. The van der Waals surface area contributed by atoms with Crippen molar-refractivity contribution >= 4 is 0 Å². The monoisotopic (exact) mass is 202 g/mol. The minimum atomic E-state index is -4.34. The Balaban J connectivity index is 2.51. The molecule has 1 aromatic heterocycles. The largest absolute Gasteiger partial charge is 0.433 e. The van der Waals surface area contributed by atoms with Gasteiger partial charge in [-0.3, -0.25) is 4.98 Å². The van der Waals surface area contributed by atoms with Crippen LogP contribution in [0.2, 0.25) is 0 Å². The second-order valence-electron chi connectivity index (χ2n) is 3.22. The summed E-state index contributed by atoms with van der Waals surface area (Å²) >= 11 is 0. The first-order valence-electron chi connectivity index (χ1n) is 4.33. The maximum absolute atomic E-state index is 12.5. The van der Waals surface area contributed by atoms with Crippen molar-refractivity contribution in [2.75, 3.05) is 6.54 Å². The van der Waals surface area contributed by atoms with E-state index in [1.807, 2.05) is 0 Å². The number of rotatable bonds is 0. The minimum absolute atomic E-state index is 0.262. The third-order valence-electron chi connectivity index (χ3n) is 2.29. The Labute approximate surface area is 79.2 Å². The van der Waals surface area contributed by atoms with Gasteiger partial charge in [0, 0.05) is 12.7 Å². The zero-order chi connectivity index (χ0) is 10.2. The number of aromatic nitrogens is 1. The number of halogens is 3. The summed E-state index contributed by atoms with van der Waals surface area (Å²) in [5.41, 5.74) is 0.305. The lowest BCUT2D eigenvalue weighted by molar-refractivity contribution is -0.142. The molecule has 0 amide bonds. The molecule has 0 saturated heterocycles. The molecule has 1 aliphatic heterocycles. The van der Waals surface area contributed by atoms with E-state index in [4.69, 9.17) is 0 Å². The van der Waals surface area contributed by atoms with Crippen LogP contribution in [-0.4, -0.2) is 11.5 Å². The normalized spacial score (nSPS) is 16.5. The molecule has 14 heavy (non-hydrogen) atoms. The van der Waals surface area contributed by atoms with Crippen molar-refractivity contribution in [2.45, 2.75) is 19.1 Å². The number of nitrogens with zero attached hydrogens (tertiary/aromatic N) is 1. The van der Waals surface area contributed by atoms with E-state index in [9.17, 15) is 13.2 Å². The molecule has 0 spiro atoms. The third-order valence-corrected chi connectivity index (χ3v) is 2.29. The van der Waals surface area contributed by atoms with E-state index >= 15 is 0 Å². The lowest BCUT2D eigenvalue weighted by atomic mass is 10.0. The fourth-order valence-corrected chi connectivity index (χ4v) is 1.64. The van der Waals surface area contributed by atoms with Crippen molar-refractivity contribution < 1.29 is 13.2 Å². The van der Waals surface area contributed by atoms with Gasteiger partial charge >= 0.3 is 6.18 Å². The summed E-state index contributed by atoms with van der Waals surface area (Å²) in [6, 6.07) is 1.66. The smallest absolute Gasteiger partial charge is 0.312 e. The van der Waals surface area contributed by atoms with Crippen molar-refractivity contribution in [1.29, 1.82) is 0 Å². The van der Waals surface area contributed by atoms with Gasteiger partial charge in [0.25, 0.3) is 0 Å². The van der Waals surface area contributed by atoms with Crippen LogP contribution in [0.3, 0.4) is 0 Å². The first-order chi connectivity index (χ1) is 6.59. The minimum Gasteiger partial charge on any atom is -0.312 e. The third kappa shape index (κ3) is 1.59. The highest BCUT2D eigenvalue weighted by atomic mass is 19.4. The second kappa shape index (κ2) is 3.24. The van der Waals surface area contributed by atoms with Gasteiger partial charge in [-0.05, 0) is 30.2 Å². The quantitative estimate of drug-likeness (QED) is 0.693. The van der Waals surface area contributed by atoms with Crippen LogP contribution in [0.5, 0.6) is 0 Å². The number of nitrogens with one attached hydrogen (secondary N) is 1. The molecule has 0 saturated carbocycles. The van der Waals surface area contributed by atoms with E-state index < -0.39 is 11.9 Å². The van der Waals surface area contributed by atoms with E-state index in [1.54, 1.807) is 6.07 Å². The van der Waals surface area contributed by atoms with Crippen molar-refractivity contribution in [3.63, 3.8) is 0 Å². The Kier molecular flexibility index (Phi) is 2.19.